The standard InChI is InChI=1S/C11H14O3/c1-8(14-9(2)12)11(13)10-6-4-3-5-7-10/h3-8,11,13H,1-2H3/t8-,11?/m1/s1. The molecule has 0 fully saturated rings. The predicted octanol–water partition coefficient (Wildman–Crippen LogP) is 1.67. The third-order valence-corrected chi connectivity index (χ3v) is 1.94. The van der Waals surface area contributed by atoms with E-state index in [2.05, 4.69) is 0 Å². The van der Waals surface area contributed by atoms with E-state index in [1.54, 1.807) is 19.1 Å². The molecule has 1 unspecified atom stereocenters. The molecule has 76 valence electrons. The first kappa shape index (κ1) is 10.7. The number of hydrogen-bond acceptors (Lipinski definition) is 3. The van der Waals surface area contributed by atoms with Crippen LogP contribution in [0.1, 0.15) is 25.5 Å². The Morgan fingerprint density at radius 3 is 2.43 bits per heavy atom. The molecule has 0 heterocycles. The van der Waals surface area contributed by atoms with Crippen molar-refractivity contribution in [2.24, 2.45) is 0 Å². The van der Waals surface area contributed by atoms with Gasteiger partial charge >= 0.3 is 5.97 Å². The molecule has 0 amide bonds. The molecule has 0 aliphatic heterocycles. The van der Waals surface area contributed by atoms with Crippen molar-refractivity contribution >= 4 is 5.97 Å². The number of hydrogen-bond donors (Lipinski definition) is 1. The second-order valence-electron chi connectivity index (χ2n) is 3.17. The number of ether oxygens (including phenoxy) is 1. The summed E-state index contributed by atoms with van der Waals surface area (Å²) in [4.78, 5) is 10.7. The first-order chi connectivity index (χ1) is 6.61. The highest BCUT2D eigenvalue weighted by Crippen LogP contribution is 2.18. The second kappa shape index (κ2) is 4.77. The van der Waals surface area contributed by atoms with Gasteiger partial charge in [-0.25, -0.2) is 0 Å². The molecule has 0 bridgehead atoms. The van der Waals surface area contributed by atoms with E-state index in [9.17, 15) is 9.90 Å². The Labute approximate surface area is 83.3 Å². The van der Waals surface area contributed by atoms with Crippen molar-refractivity contribution in [3.63, 3.8) is 0 Å². The zero-order chi connectivity index (χ0) is 10.6. The first-order valence-corrected chi connectivity index (χ1v) is 4.51. The fourth-order valence-electron chi connectivity index (χ4n) is 1.25. The predicted molar refractivity (Wildman–Crippen MR) is 52.6 cm³/mol. The molecule has 2 atom stereocenters. The van der Waals surface area contributed by atoms with Crippen molar-refractivity contribution in [1.29, 1.82) is 0 Å². The van der Waals surface area contributed by atoms with Gasteiger partial charge in [0, 0.05) is 6.92 Å². The second-order valence-corrected chi connectivity index (χ2v) is 3.17. The van der Waals surface area contributed by atoms with Gasteiger partial charge in [0.1, 0.15) is 12.2 Å². The number of rotatable bonds is 3. The van der Waals surface area contributed by atoms with Gasteiger partial charge in [-0.15, -0.1) is 0 Å². The molecule has 0 aliphatic carbocycles. The largest absolute Gasteiger partial charge is 0.460 e. The Kier molecular flexibility index (Phi) is 3.65. The summed E-state index contributed by atoms with van der Waals surface area (Å²) in [6.07, 6.45) is -1.28. The summed E-state index contributed by atoms with van der Waals surface area (Å²) < 4.78 is 4.88. The van der Waals surface area contributed by atoms with E-state index in [1.807, 2.05) is 18.2 Å². The Morgan fingerprint density at radius 1 is 1.36 bits per heavy atom. The average molecular weight is 194 g/mol. The van der Waals surface area contributed by atoms with Gasteiger partial charge < -0.3 is 9.84 Å². The van der Waals surface area contributed by atoms with Crippen LogP contribution in [-0.2, 0) is 9.53 Å². The molecule has 14 heavy (non-hydrogen) atoms. The Bertz CT molecular complexity index is 295. The molecule has 1 N–H and O–H groups in total. The maximum atomic E-state index is 10.7. The van der Waals surface area contributed by atoms with Crippen LogP contribution in [-0.4, -0.2) is 17.2 Å². The minimum atomic E-state index is -0.764. The van der Waals surface area contributed by atoms with Crippen molar-refractivity contribution < 1.29 is 14.6 Å². The fraction of sp³-hybridized carbons (Fsp3) is 0.364. The zero-order valence-electron chi connectivity index (χ0n) is 8.31. The quantitative estimate of drug-likeness (QED) is 0.744. The molecule has 0 saturated carbocycles. The van der Waals surface area contributed by atoms with E-state index in [-0.39, 0.29) is 5.97 Å². The lowest BCUT2D eigenvalue weighted by Gasteiger charge is -2.18. The van der Waals surface area contributed by atoms with Crippen LogP contribution >= 0.6 is 0 Å². The molecule has 3 heteroatoms. The zero-order valence-corrected chi connectivity index (χ0v) is 8.31. The molecule has 0 saturated heterocycles. The summed E-state index contributed by atoms with van der Waals surface area (Å²) in [6.45, 7) is 2.99. The van der Waals surface area contributed by atoms with Crippen LogP contribution in [0.25, 0.3) is 0 Å². The topological polar surface area (TPSA) is 46.5 Å². The van der Waals surface area contributed by atoms with Crippen LogP contribution in [0.2, 0.25) is 0 Å². The molecule has 0 radical (unpaired) electrons. The normalized spacial score (nSPS) is 14.5. The lowest BCUT2D eigenvalue weighted by molar-refractivity contribution is -0.151. The van der Waals surface area contributed by atoms with Crippen LogP contribution in [0.4, 0.5) is 0 Å². The van der Waals surface area contributed by atoms with Crippen molar-refractivity contribution in [2.75, 3.05) is 0 Å². The van der Waals surface area contributed by atoms with E-state index in [1.165, 1.54) is 6.92 Å². The van der Waals surface area contributed by atoms with Crippen molar-refractivity contribution in [3.05, 3.63) is 35.9 Å². The van der Waals surface area contributed by atoms with Gasteiger partial charge in [-0.3, -0.25) is 4.79 Å². The van der Waals surface area contributed by atoms with Crippen LogP contribution in [0.15, 0.2) is 30.3 Å². The van der Waals surface area contributed by atoms with Gasteiger partial charge in [-0.1, -0.05) is 30.3 Å². The molecule has 0 aromatic heterocycles. The number of aliphatic hydroxyl groups is 1. The lowest BCUT2D eigenvalue weighted by atomic mass is 10.1. The molecule has 0 spiro atoms. The maximum absolute atomic E-state index is 10.7. The van der Waals surface area contributed by atoms with E-state index >= 15 is 0 Å². The lowest BCUT2D eigenvalue weighted by Crippen LogP contribution is -2.20. The van der Waals surface area contributed by atoms with Crippen molar-refractivity contribution in [2.45, 2.75) is 26.1 Å². The van der Waals surface area contributed by atoms with E-state index in [0.717, 1.165) is 5.56 Å². The molecular formula is C11H14O3. The summed E-state index contributed by atoms with van der Waals surface area (Å²) in [5.41, 5.74) is 0.751. The van der Waals surface area contributed by atoms with Crippen molar-refractivity contribution in [3.8, 4) is 0 Å². The maximum Gasteiger partial charge on any atom is 0.302 e. The van der Waals surface area contributed by atoms with Gasteiger partial charge in [-0.2, -0.15) is 0 Å². The number of aliphatic hydroxyl groups excluding tert-OH is 1. The Hall–Kier alpha value is -1.35. The minimum Gasteiger partial charge on any atom is -0.460 e. The number of benzene rings is 1. The van der Waals surface area contributed by atoms with Gasteiger partial charge in [-0.05, 0) is 12.5 Å². The minimum absolute atomic E-state index is 0.382. The summed E-state index contributed by atoms with van der Waals surface area (Å²) in [5, 5.41) is 9.76. The van der Waals surface area contributed by atoms with Crippen LogP contribution < -0.4 is 0 Å². The third kappa shape index (κ3) is 2.85. The molecule has 0 aliphatic rings. The summed E-state index contributed by atoms with van der Waals surface area (Å²) in [7, 11) is 0. The van der Waals surface area contributed by atoms with Crippen molar-refractivity contribution in [1.82, 2.24) is 0 Å². The van der Waals surface area contributed by atoms with Gasteiger partial charge in [0.2, 0.25) is 0 Å². The van der Waals surface area contributed by atoms with Gasteiger partial charge in [0.15, 0.2) is 0 Å². The monoisotopic (exact) mass is 194 g/mol. The van der Waals surface area contributed by atoms with E-state index in [4.69, 9.17) is 4.74 Å². The summed E-state index contributed by atoms with van der Waals surface area (Å²) in [6, 6.07) is 9.13. The van der Waals surface area contributed by atoms with E-state index < -0.39 is 12.2 Å². The highest BCUT2D eigenvalue weighted by atomic mass is 16.6. The smallest absolute Gasteiger partial charge is 0.302 e. The third-order valence-electron chi connectivity index (χ3n) is 1.94. The Balaban J connectivity index is 2.65. The average Bonchev–Trinajstić information content (AvgIpc) is 2.17. The van der Waals surface area contributed by atoms with Gasteiger partial charge in [0.25, 0.3) is 0 Å². The SMILES string of the molecule is CC(=O)O[C@H](C)C(O)c1ccccc1. The fourth-order valence-corrected chi connectivity index (χ4v) is 1.25. The highest BCUT2D eigenvalue weighted by Gasteiger charge is 2.18. The molecular weight excluding hydrogens is 180 g/mol. The number of carbonyl (C=O) groups excluding carboxylic acids is 1. The van der Waals surface area contributed by atoms with Gasteiger partial charge in [0.05, 0.1) is 0 Å². The van der Waals surface area contributed by atoms with E-state index in [0.29, 0.717) is 0 Å². The highest BCUT2D eigenvalue weighted by molar-refractivity contribution is 5.66. The van der Waals surface area contributed by atoms with Crippen LogP contribution in [0, 0.1) is 0 Å². The summed E-state index contributed by atoms with van der Waals surface area (Å²) >= 11 is 0. The number of carbonyl (C=O) groups is 1. The Morgan fingerprint density at radius 2 is 1.93 bits per heavy atom. The molecule has 1 rings (SSSR count). The van der Waals surface area contributed by atoms with Crippen LogP contribution in [0.3, 0.4) is 0 Å². The number of esters is 1. The molecule has 1 aromatic rings. The van der Waals surface area contributed by atoms with Crippen LogP contribution in [0.5, 0.6) is 0 Å². The summed E-state index contributed by atoms with van der Waals surface area (Å²) in [5.74, 6) is -0.382. The molecule has 1 aromatic carbocycles. The molecule has 3 nitrogen and oxygen atoms in total. The first-order valence-electron chi connectivity index (χ1n) is 4.51.